The van der Waals surface area contributed by atoms with Gasteiger partial charge in [-0.05, 0) is 49.4 Å². The van der Waals surface area contributed by atoms with Crippen molar-refractivity contribution in [3.05, 3.63) is 48.0 Å². The van der Waals surface area contributed by atoms with Crippen LogP contribution in [0.1, 0.15) is 12.5 Å². The van der Waals surface area contributed by atoms with E-state index in [0.29, 0.717) is 23.8 Å². The quantitative estimate of drug-likeness (QED) is 0.618. The van der Waals surface area contributed by atoms with Crippen molar-refractivity contribution in [1.29, 1.82) is 0 Å². The van der Waals surface area contributed by atoms with E-state index in [4.69, 9.17) is 19.0 Å². The van der Waals surface area contributed by atoms with Crippen LogP contribution < -0.4 is 19.5 Å². The molecule has 130 valence electrons. The number of ether oxygens (including phenoxy) is 3. The number of benzene rings is 2. The topological polar surface area (TPSA) is 78.4 Å². The van der Waals surface area contributed by atoms with Crippen molar-refractivity contribution in [3.8, 4) is 17.2 Å². The Morgan fingerprint density at radius 3 is 2.80 bits per heavy atom. The highest BCUT2D eigenvalue weighted by Gasteiger charge is 2.12. The van der Waals surface area contributed by atoms with Gasteiger partial charge in [-0.25, -0.2) is 0 Å². The molecular weight excluding hydrogens is 324 g/mol. The number of hydrogen-bond acceptors (Lipinski definition) is 6. The first-order chi connectivity index (χ1) is 12.2. The third kappa shape index (κ3) is 4.63. The molecule has 0 saturated carbocycles. The van der Waals surface area contributed by atoms with Crippen molar-refractivity contribution in [3.63, 3.8) is 0 Å². The summed E-state index contributed by atoms with van der Waals surface area (Å²) >= 11 is 0. The predicted octanol–water partition coefficient (Wildman–Crippen LogP) is 2.80. The second kappa shape index (κ2) is 8.05. The largest absolute Gasteiger partial charge is 0.494 e. The lowest BCUT2D eigenvalue weighted by Gasteiger charge is -2.06. The van der Waals surface area contributed by atoms with Gasteiger partial charge in [-0.2, -0.15) is 0 Å². The number of hydrogen-bond donors (Lipinski definition) is 1. The van der Waals surface area contributed by atoms with E-state index >= 15 is 0 Å². The molecule has 0 aliphatic carbocycles. The smallest absolute Gasteiger partial charge is 0.265 e. The molecule has 0 atom stereocenters. The van der Waals surface area contributed by atoms with Gasteiger partial charge in [0.25, 0.3) is 5.91 Å². The number of nitrogens with one attached hydrogen (secondary N) is 1. The van der Waals surface area contributed by atoms with Crippen LogP contribution in [-0.4, -0.2) is 32.1 Å². The summed E-state index contributed by atoms with van der Waals surface area (Å²) < 4.78 is 15.8. The number of fused-ring (bicyclic) bond motifs is 1. The highest BCUT2D eigenvalue weighted by molar-refractivity contribution is 5.91. The van der Waals surface area contributed by atoms with Gasteiger partial charge >= 0.3 is 0 Å². The average Bonchev–Trinajstić information content (AvgIpc) is 3.08. The Labute approximate surface area is 145 Å². The van der Waals surface area contributed by atoms with Gasteiger partial charge in [-0.1, -0.05) is 5.16 Å². The van der Waals surface area contributed by atoms with Crippen LogP contribution in [0.15, 0.2) is 47.6 Å². The number of rotatable bonds is 7. The number of anilines is 1. The van der Waals surface area contributed by atoms with Gasteiger partial charge in [0.1, 0.15) is 5.75 Å². The van der Waals surface area contributed by atoms with E-state index in [0.717, 1.165) is 11.3 Å². The molecule has 2 aromatic carbocycles. The van der Waals surface area contributed by atoms with Gasteiger partial charge in [0.2, 0.25) is 6.79 Å². The summed E-state index contributed by atoms with van der Waals surface area (Å²) in [5.41, 5.74) is 1.45. The first kappa shape index (κ1) is 16.6. The van der Waals surface area contributed by atoms with E-state index in [1.54, 1.807) is 36.4 Å². The third-order valence-corrected chi connectivity index (χ3v) is 3.32. The molecule has 0 fully saturated rings. The normalized spacial score (nSPS) is 12.2. The molecule has 25 heavy (non-hydrogen) atoms. The van der Waals surface area contributed by atoms with Crippen LogP contribution in [0.5, 0.6) is 17.2 Å². The van der Waals surface area contributed by atoms with E-state index in [2.05, 4.69) is 10.5 Å². The predicted molar refractivity (Wildman–Crippen MR) is 92.4 cm³/mol. The van der Waals surface area contributed by atoms with E-state index in [-0.39, 0.29) is 19.3 Å². The molecule has 0 radical (unpaired) electrons. The number of oxime groups is 1. The maximum atomic E-state index is 11.8. The lowest BCUT2D eigenvalue weighted by atomic mass is 10.2. The second-order valence-electron chi connectivity index (χ2n) is 5.13. The minimum Gasteiger partial charge on any atom is -0.494 e. The van der Waals surface area contributed by atoms with Gasteiger partial charge in [0.05, 0.1) is 12.8 Å². The molecule has 7 heteroatoms. The molecule has 0 aromatic heterocycles. The van der Waals surface area contributed by atoms with Crippen LogP contribution in [-0.2, 0) is 9.63 Å². The molecule has 0 unspecified atom stereocenters. The highest BCUT2D eigenvalue weighted by atomic mass is 16.7. The fourth-order valence-corrected chi connectivity index (χ4v) is 2.19. The minimum absolute atomic E-state index is 0.186. The molecule has 7 nitrogen and oxygen atoms in total. The summed E-state index contributed by atoms with van der Waals surface area (Å²) in [6, 6.07) is 12.5. The Morgan fingerprint density at radius 2 is 2.00 bits per heavy atom. The first-order valence-electron chi connectivity index (χ1n) is 7.82. The maximum absolute atomic E-state index is 11.8. The zero-order chi connectivity index (χ0) is 17.5. The van der Waals surface area contributed by atoms with Gasteiger partial charge in [-0.3, -0.25) is 4.79 Å². The number of amides is 1. The first-order valence-corrected chi connectivity index (χ1v) is 7.82. The fourth-order valence-electron chi connectivity index (χ4n) is 2.19. The van der Waals surface area contributed by atoms with Crippen LogP contribution in [0.3, 0.4) is 0 Å². The summed E-state index contributed by atoms with van der Waals surface area (Å²) in [6.45, 7) is 2.55. The van der Waals surface area contributed by atoms with Crippen molar-refractivity contribution < 1.29 is 23.8 Å². The Morgan fingerprint density at radius 1 is 1.20 bits per heavy atom. The molecular formula is C18H18N2O5. The Kier molecular flexibility index (Phi) is 5.36. The zero-order valence-electron chi connectivity index (χ0n) is 13.7. The summed E-state index contributed by atoms with van der Waals surface area (Å²) in [7, 11) is 0. The number of carbonyl (C=O) groups is 1. The van der Waals surface area contributed by atoms with E-state index in [1.807, 2.05) is 13.0 Å². The second-order valence-corrected chi connectivity index (χ2v) is 5.13. The molecule has 1 heterocycles. The molecule has 0 saturated heterocycles. The zero-order valence-corrected chi connectivity index (χ0v) is 13.7. The molecule has 3 rings (SSSR count). The van der Waals surface area contributed by atoms with E-state index in [1.165, 1.54) is 6.21 Å². The van der Waals surface area contributed by atoms with Crippen molar-refractivity contribution in [1.82, 2.24) is 0 Å². The fraction of sp³-hybridized carbons (Fsp3) is 0.222. The Balaban J connectivity index is 1.44. The molecule has 0 spiro atoms. The lowest BCUT2D eigenvalue weighted by Crippen LogP contribution is -2.16. The molecule has 1 aliphatic heterocycles. The monoisotopic (exact) mass is 342 g/mol. The summed E-state index contributed by atoms with van der Waals surface area (Å²) in [5.74, 6) is 1.82. The molecule has 1 N–H and O–H groups in total. The van der Waals surface area contributed by atoms with Crippen molar-refractivity contribution >= 4 is 17.8 Å². The lowest BCUT2D eigenvalue weighted by molar-refractivity contribution is -0.120. The number of nitrogens with zero attached hydrogens (tertiary/aromatic N) is 1. The van der Waals surface area contributed by atoms with Crippen LogP contribution in [0.2, 0.25) is 0 Å². The molecule has 1 aliphatic rings. The van der Waals surface area contributed by atoms with Gasteiger partial charge in [0.15, 0.2) is 18.1 Å². The summed E-state index contributed by atoms with van der Waals surface area (Å²) in [4.78, 5) is 16.8. The average molecular weight is 342 g/mol. The minimum atomic E-state index is -0.299. The van der Waals surface area contributed by atoms with Crippen LogP contribution in [0.25, 0.3) is 0 Å². The van der Waals surface area contributed by atoms with Crippen molar-refractivity contribution in [2.24, 2.45) is 5.16 Å². The van der Waals surface area contributed by atoms with Gasteiger partial charge in [0, 0.05) is 11.3 Å². The van der Waals surface area contributed by atoms with Crippen LogP contribution in [0, 0.1) is 0 Å². The maximum Gasteiger partial charge on any atom is 0.265 e. The standard InChI is InChI=1S/C18H18N2O5/c1-2-22-15-6-4-14(5-7-15)20-18(21)11-25-19-10-13-3-8-16-17(9-13)24-12-23-16/h3-10H,2,11-12H2,1H3,(H,20,21). The summed E-state index contributed by atoms with van der Waals surface area (Å²) in [5, 5.41) is 6.50. The molecule has 0 bridgehead atoms. The highest BCUT2D eigenvalue weighted by Crippen LogP contribution is 2.31. The van der Waals surface area contributed by atoms with Crippen LogP contribution >= 0.6 is 0 Å². The SMILES string of the molecule is CCOc1ccc(NC(=O)CON=Cc2ccc3c(c2)OCO3)cc1. The molecule has 2 aromatic rings. The van der Waals surface area contributed by atoms with Gasteiger partial charge in [-0.15, -0.1) is 0 Å². The summed E-state index contributed by atoms with van der Waals surface area (Å²) in [6.07, 6.45) is 1.51. The van der Waals surface area contributed by atoms with Crippen molar-refractivity contribution in [2.75, 3.05) is 25.3 Å². The van der Waals surface area contributed by atoms with E-state index in [9.17, 15) is 4.79 Å². The molecule has 1 amide bonds. The van der Waals surface area contributed by atoms with Crippen LogP contribution in [0.4, 0.5) is 5.69 Å². The third-order valence-electron chi connectivity index (χ3n) is 3.32. The van der Waals surface area contributed by atoms with Gasteiger partial charge < -0.3 is 24.4 Å². The van der Waals surface area contributed by atoms with Crippen molar-refractivity contribution in [2.45, 2.75) is 6.92 Å². The number of carbonyl (C=O) groups excluding carboxylic acids is 1. The Bertz CT molecular complexity index is 759. The van der Waals surface area contributed by atoms with E-state index < -0.39 is 0 Å². The Hall–Kier alpha value is -3.22.